The van der Waals surface area contributed by atoms with Crippen LogP contribution in [0.3, 0.4) is 0 Å². The minimum Gasteiger partial charge on any atom is -0.456 e. The van der Waals surface area contributed by atoms with Crippen LogP contribution in [0.1, 0.15) is 5.56 Å². The lowest BCUT2D eigenvalue weighted by atomic mass is 9.93. The van der Waals surface area contributed by atoms with Gasteiger partial charge in [0.05, 0.1) is 6.54 Å². The molecule has 8 rings (SSSR count). The van der Waals surface area contributed by atoms with E-state index in [0.717, 1.165) is 33.1 Å². The summed E-state index contributed by atoms with van der Waals surface area (Å²) < 4.78 is 6.33. The fourth-order valence-corrected chi connectivity index (χ4v) is 6.26. The first kappa shape index (κ1) is 21.2. The molecule has 2 heteroatoms. The van der Waals surface area contributed by atoms with Crippen LogP contribution in [-0.2, 0) is 6.54 Å². The van der Waals surface area contributed by atoms with Crippen LogP contribution in [0.15, 0.2) is 125 Å². The molecule has 1 aliphatic carbocycles. The molecule has 0 unspecified atom stereocenters. The molecule has 2 nitrogen and oxygen atoms in total. The molecule has 0 atom stereocenters. The summed E-state index contributed by atoms with van der Waals surface area (Å²) in [6, 6.07) is 41.4. The summed E-state index contributed by atoms with van der Waals surface area (Å²) in [5.41, 5.74) is 13.0. The van der Waals surface area contributed by atoms with E-state index in [0.29, 0.717) is 6.54 Å². The van der Waals surface area contributed by atoms with Crippen molar-refractivity contribution < 1.29 is 4.42 Å². The number of aliphatic imine (C=N–C) groups is 1. The number of rotatable bonds is 4. The maximum absolute atomic E-state index is 6.33. The summed E-state index contributed by atoms with van der Waals surface area (Å²) in [5.74, 6) is 0. The normalized spacial score (nSPS) is 11.9. The van der Waals surface area contributed by atoms with Crippen molar-refractivity contribution in [3.05, 3.63) is 121 Å². The molecule has 6 aromatic carbocycles. The fraction of sp³-hybridized carbons (Fsp3) is 0.0278. The first-order valence-corrected chi connectivity index (χ1v) is 12.9. The summed E-state index contributed by atoms with van der Waals surface area (Å²) in [7, 11) is 0. The van der Waals surface area contributed by atoms with Gasteiger partial charge in [0.2, 0.25) is 0 Å². The number of furan rings is 1. The second kappa shape index (κ2) is 8.03. The van der Waals surface area contributed by atoms with Gasteiger partial charge < -0.3 is 4.42 Å². The molecule has 0 aliphatic heterocycles. The smallest absolute Gasteiger partial charge is 0.136 e. The SMILES string of the molecule is C=NCc1cccc(-c2cccc3oc4ccc(-c5ccc6c7c(cccc57)-c5ccccc5-6)cc4c23)c1. The Hall–Kier alpha value is -4.95. The lowest BCUT2D eigenvalue weighted by molar-refractivity contribution is 0.669. The monoisotopic (exact) mass is 485 g/mol. The lowest BCUT2D eigenvalue weighted by Gasteiger charge is -2.10. The Morgan fingerprint density at radius 2 is 1.21 bits per heavy atom. The lowest BCUT2D eigenvalue weighted by Crippen LogP contribution is -1.85. The molecule has 0 bridgehead atoms. The van der Waals surface area contributed by atoms with Gasteiger partial charge in [-0.3, -0.25) is 4.99 Å². The van der Waals surface area contributed by atoms with Gasteiger partial charge in [0.25, 0.3) is 0 Å². The minimum absolute atomic E-state index is 0.606. The Morgan fingerprint density at radius 1 is 0.500 bits per heavy atom. The van der Waals surface area contributed by atoms with Gasteiger partial charge >= 0.3 is 0 Å². The Kier molecular flexibility index (Phi) is 4.47. The number of fused-ring (bicyclic) bond motifs is 6. The number of benzene rings is 6. The first-order chi connectivity index (χ1) is 18.8. The van der Waals surface area contributed by atoms with Crippen LogP contribution in [0, 0.1) is 0 Å². The molecule has 0 amide bonds. The minimum atomic E-state index is 0.606. The molecule has 1 heterocycles. The van der Waals surface area contributed by atoms with E-state index in [1.54, 1.807) is 0 Å². The average Bonchev–Trinajstić information content (AvgIpc) is 3.50. The van der Waals surface area contributed by atoms with Gasteiger partial charge in [0, 0.05) is 10.8 Å². The third-order valence-electron chi connectivity index (χ3n) is 7.89. The van der Waals surface area contributed by atoms with Gasteiger partial charge in [-0.15, -0.1) is 0 Å². The van der Waals surface area contributed by atoms with Crippen LogP contribution < -0.4 is 0 Å². The zero-order chi connectivity index (χ0) is 25.2. The predicted molar refractivity (Wildman–Crippen MR) is 160 cm³/mol. The molecule has 1 aliphatic rings. The second-order valence-corrected chi connectivity index (χ2v) is 10.0. The van der Waals surface area contributed by atoms with Crippen molar-refractivity contribution in [3.63, 3.8) is 0 Å². The molecule has 0 saturated carbocycles. The number of hydrogen-bond donors (Lipinski definition) is 0. The van der Waals surface area contributed by atoms with Crippen molar-refractivity contribution in [2.24, 2.45) is 4.99 Å². The molecular formula is C36H23NO. The highest BCUT2D eigenvalue weighted by Gasteiger charge is 2.22. The highest BCUT2D eigenvalue weighted by molar-refractivity contribution is 6.19. The Labute approximate surface area is 220 Å². The van der Waals surface area contributed by atoms with E-state index in [1.807, 2.05) is 0 Å². The average molecular weight is 486 g/mol. The molecule has 0 radical (unpaired) electrons. The standard InChI is InChI=1S/C36H23NO/c1-37-21-22-7-4-8-23(19-22)26-11-6-14-34-36(26)32-20-24(15-18-33(32)38-34)25-16-17-31-28-10-3-2-9-27(28)30-13-5-12-29(25)35(30)31/h2-20H,1,21H2. The van der Waals surface area contributed by atoms with Crippen molar-refractivity contribution >= 4 is 39.4 Å². The molecule has 0 fully saturated rings. The first-order valence-electron chi connectivity index (χ1n) is 12.9. The van der Waals surface area contributed by atoms with E-state index < -0.39 is 0 Å². The quantitative estimate of drug-likeness (QED) is 0.228. The van der Waals surface area contributed by atoms with Crippen molar-refractivity contribution in [2.75, 3.05) is 0 Å². The zero-order valence-electron chi connectivity index (χ0n) is 20.7. The van der Waals surface area contributed by atoms with Gasteiger partial charge in [-0.1, -0.05) is 91.0 Å². The van der Waals surface area contributed by atoms with Crippen molar-refractivity contribution in [1.29, 1.82) is 0 Å². The van der Waals surface area contributed by atoms with Gasteiger partial charge in [0.15, 0.2) is 0 Å². The zero-order valence-corrected chi connectivity index (χ0v) is 20.7. The molecule has 38 heavy (non-hydrogen) atoms. The van der Waals surface area contributed by atoms with E-state index in [9.17, 15) is 0 Å². The van der Waals surface area contributed by atoms with Crippen LogP contribution in [0.2, 0.25) is 0 Å². The highest BCUT2D eigenvalue weighted by Crippen LogP contribution is 2.49. The van der Waals surface area contributed by atoms with Crippen molar-refractivity contribution in [2.45, 2.75) is 6.54 Å². The van der Waals surface area contributed by atoms with Gasteiger partial charge in [0.1, 0.15) is 11.2 Å². The largest absolute Gasteiger partial charge is 0.456 e. The van der Waals surface area contributed by atoms with Crippen molar-refractivity contribution in [3.8, 4) is 44.5 Å². The molecule has 7 aromatic rings. The van der Waals surface area contributed by atoms with E-state index >= 15 is 0 Å². The summed E-state index contributed by atoms with van der Waals surface area (Å²) >= 11 is 0. The van der Waals surface area contributed by atoms with Gasteiger partial charge in [-0.05, 0) is 91.8 Å². The van der Waals surface area contributed by atoms with Crippen LogP contribution >= 0.6 is 0 Å². The predicted octanol–water partition coefficient (Wildman–Crippen LogP) is 9.92. The highest BCUT2D eigenvalue weighted by atomic mass is 16.3. The summed E-state index contributed by atoms with van der Waals surface area (Å²) in [5, 5.41) is 4.91. The van der Waals surface area contributed by atoms with E-state index in [-0.39, 0.29) is 0 Å². The van der Waals surface area contributed by atoms with Crippen LogP contribution in [0.4, 0.5) is 0 Å². The van der Waals surface area contributed by atoms with Gasteiger partial charge in [-0.25, -0.2) is 0 Å². The van der Waals surface area contributed by atoms with Crippen molar-refractivity contribution in [1.82, 2.24) is 0 Å². The summed E-state index contributed by atoms with van der Waals surface area (Å²) in [6.07, 6.45) is 0. The molecule has 1 aromatic heterocycles. The molecular weight excluding hydrogens is 462 g/mol. The summed E-state index contributed by atoms with van der Waals surface area (Å²) in [4.78, 5) is 4.07. The maximum atomic E-state index is 6.33. The molecule has 178 valence electrons. The van der Waals surface area contributed by atoms with Crippen LogP contribution in [0.25, 0.3) is 77.2 Å². The number of hydrogen-bond acceptors (Lipinski definition) is 2. The Morgan fingerprint density at radius 3 is 2.08 bits per heavy atom. The maximum Gasteiger partial charge on any atom is 0.136 e. The second-order valence-electron chi connectivity index (χ2n) is 10.0. The van der Waals surface area contributed by atoms with Crippen LogP contribution in [0.5, 0.6) is 0 Å². The van der Waals surface area contributed by atoms with E-state index in [4.69, 9.17) is 4.42 Å². The fourth-order valence-electron chi connectivity index (χ4n) is 6.26. The topological polar surface area (TPSA) is 25.5 Å². The molecule has 0 saturated heterocycles. The van der Waals surface area contributed by atoms with Gasteiger partial charge in [-0.2, -0.15) is 0 Å². The summed E-state index contributed by atoms with van der Waals surface area (Å²) in [6.45, 7) is 4.27. The molecule has 0 N–H and O–H groups in total. The third-order valence-corrected chi connectivity index (χ3v) is 7.89. The Bertz CT molecular complexity index is 2050. The van der Waals surface area contributed by atoms with Crippen LogP contribution in [-0.4, -0.2) is 6.72 Å². The Balaban J connectivity index is 1.36. The third kappa shape index (κ3) is 2.98. The van der Waals surface area contributed by atoms with E-state index in [1.165, 1.54) is 49.7 Å². The van der Waals surface area contributed by atoms with E-state index in [2.05, 4.69) is 127 Å². The molecule has 0 spiro atoms. The number of nitrogens with zero attached hydrogens (tertiary/aromatic N) is 1.